The minimum absolute atomic E-state index is 0.140. The fourth-order valence-corrected chi connectivity index (χ4v) is 4.68. The Morgan fingerprint density at radius 1 is 0.912 bits per heavy atom. The summed E-state index contributed by atoms with van der Waals surface area (Å²) in [6, 6.07) is 21.4. The van der Waals surface area contributed by atoms with Crippen molar-refractivity contribution in [3.8, 4) is 16.9 Å². The van der Waals surface area contributed by atoms with Crippen LogP contribution in [0, 0.1) is 6.92 Å². The number of rotatable bonds is 10. The lowest BCUT2D eigenvalue weighted by atomic mass is 9.95. The molecule has 0 spiro atoms. The van der Waals surface area contributed by atoms with E-state index < -0.39 is 10.0 Å². The molecule has 3 aromatic rings. The van der Waals surface area contributed by atoms with E-state index in [2.05, 4.69) is 0 Å². The number of carbonyl (C=O) groups is 1. The Labute approximate surface area is 202 Å². The van der Waals surface area contributed by atoms with Gasteiger partial charge in [0, 0.05) is 18.7 Å². The standard InChI is InChI=1S/C27H31NO5S/c1-20-10-12-24(25-17-22(18-27(29)33-3)11-13-26(25)32-2)23(16-20)19-28(34(4,30)31)15-14-21-8-6-5-7-9-21/h5-13,16-17H,14-15,18-19H2,1-4H3. The first-order valence-electron chi connectivity index (χ1n) is 11.0. The number of ether oxygens (including phenoxy) is 2. The zero-order valence-corrected chi connectivity index (χ0v) is 20.9. The van der Waals surface area contributed by atoms with Crippen molar-refractivity contribution in [1.29, 1.82) is 0 Å². The lowest BCUT2D eigenvalue weighted by Crippen LogP contribution is -2.31. The van der Waals surface area contributed by atoms with Gasteiger partial charge in [0.15, 0.2) is 0 Å². The molecule has 0 aliphatic carbocycles. The number of esters is 1. The van der Waals surface area contributed by atoms with Gasteiger partial charge in [0.25, 0.3) is 0 Å². The van der Waals surface area contributed by atoms with Gasteiger partial charge in [-0.05, 0) is 47.7 Å². The lowest BCUT2D eigenvalue weighted by Gasteiger charge is -2.23. The molecule has 0 atom stereocenters. The van der Waals surface area contributed by atoms with Gasteiger partial charge in [0.1, 0.15) is 5.75 Å². The van der Waals surface area contributed by atoms with Crippen molar-refractivity contribution in [3.63, 3.8) is 0 Å². The summed E-state index contributed by atoms with van der Waals surface area (Å²) < 4.78 is 37.3. The van der Waals surface area contributed by atoms with Crippen LogP contribution in [-0.2, 0) is 38.9 Å². The predicted octanol–water partition coefficient (Wildman–Crippen LogP) is 4.39. The Balaban J connectivity index is 1.99. The Bertz CT molecular complexity index is 1240. The summed E-state index contributed by atoms with van der Waals surface area (Å²) >= 11 is 0. The van der Waals surface area contributed by atoms with Crippen molar-refractivity contribution in [2.24, 2.45) is 0 Å². The smallest absolute Gasteiger partial charge is 0.309 e. The van der Waals surface area contributed by atoms with Gasteiger partial charge in [-0.15, -0.1) is 0 Å². The third-order valence-corrected chi connectivity index (χ3v) is 6.95. The SMILES string of the molecule is COC(=O)Cc1ccc(OC)c(-c2ccc(C)cc2CN(CCc2ccccc2)S(C)(=O)=O)c1. The van der Waals surface area contributed by atoms with Crippen LogP contribution in [0.25, 0.3) is 11.1 Å². The number of methoxy groups -OCH3 is 2. The van der Waals surface area contributed by atoms with Crippen molar-refractivity contribution in [3.05, 3.63) is 89.0 Å². The van der Waals surface area contributed by atoms with Gasteiger partial charge >= 0.3 is 5.97 Å². The average Bonchev–Trinajstić information content (AvgIpc) is 2.81. The fraction of sp³-hybridized carbons (Fsp3) is 0.296. The highest BCUT2D eigenvalue weighted by Gasteiger charge is 2.20. The molecule has 180 valence electrons. The average molecular weight is 482 g/mol. The van der Waals surface area contributed by atoms with Crippen LogP contribution >= 0.6 is 0 Å². The maximum atomic E-state index is 12.7. The van der Waals surface area contributed by atoms with Crippen LogP contribution < -0.4 is 4.74 Å². The van der Waals surface area contributed by atoms with E-state index in [9.17, 15) is 13.2 Å². The third kappa shape index (κ3) is 6.68. The van der Waals surface area contributed by atoms with Crippen LogP contribution in [0.1, 0.15) is 22.3 Å². The Kier molecular flexibility index (Phi) is 8.47. The zero-order chi connectivity index (χ0) is 24.7. The number of nitrogens with zero attached hydrogens (tertiary/aromatic N) is 1. The van der Waals surface area contributed by atoms with Crippen LogP contribution in [0.15, 0.2) is 66.7 Å². The molecule has 0 saturated carbocycles. The zero-order valence-electron chi connectivity index (χ0n) is 20.1. The highest BCUT2D eigenvalue weighted by Crippen LogP contribution is 2.35. The minimum atomic E-state index is -3.45. The summed E-state index contributed by atoms with van der Waals surface area (Å²) in [7, 11) is -0.494. The largest absolute Gasteiger partial charge is 0.496 e. The monoisotopic (exact) mass is 481 g/mol. The van der Waals surface area contributed by atoms with Crippen molar-refractivity contribution in [2.45, 2.75) is 26.3 Å². The molecule has 0 aliphatic rings. The molecule has 0 amide bonds. The Morgan fingerprint density at radius 2 is 1.65 bits per heavy atom. The van der Waals surface area contributed by atoms with E-state index in [1.807, 2.05) is 73.7 Å². The highest BCUT2D eigenvalue weighted by molar-refractivity contribution is 7.88. The van der Waals surface area contributed by atoms with Crippen LogP contribution in [0.3, 0.4) is 0 Å². The van der Waals surface area contributed by atoms with E-state index in [4.69, 9.17) is 9.47 Å². The quantitative estimate of drug-likeness (QED) is 0.402. The molecule has 3 aromatic carbocycles. The highest BCUT2D eigenvalue weighted by atomic mass is 32.2. The molecule has 0 aromatic heterocycles. The van der Waals surface area contributed by atoms with Crippen LogP contribution in [0.4, 0.5) is 0 Å². The molecular weight excluding hydrogens is 450 g/mol. The van der Waals surface area contributed by atoms with E-state index in [0.29, 0.717) is 18.7 Å². The Morgan fingerprint density at radius 3 is 2.29 bits per heavy atom. The second-order valence-corrected chi connectivity index (χ2v) is 10.3. The molecule has 0 heterocycles. The molecule has 0 unspecified atom stereocenters. The maximum absolute atomic E-state index is 12.7. The summed E-state index contributed by atoms with van der Waals surface area (Å²) in [5.41, 5.74) is 5.43. The van der Waals surface area contributed by atoms with Gasteiger partial charge in [0.05, 0.1) is 26.9 Å². The first-order valence-corrected chi connectivity index (χ1v) is 12.9. The second kappa shape index (κ2) is 11.3. The van der Waals surface area contributed by atoms with Gasteiger partial charge in [-0.25, -0.2) is 8.42 Å². The second-order valence-electron chi connectivity index (χ2n) is 8.28. The number of hydrogen-bond acceptors (Lipinski definition) is 5. The molecular formula is C27H31NO5S. The van der Waals surface area contributed by atoms with Crippen LogP contribution in [-0.4, -0.2) is 45.7 Å². The van der Waals surface area contributed by atoms with Crippen LogP contribution in [0.2, 0.25) is 0 Å². The van der Waals surface area contributed by atoms with E-state index in [-0.39, 0.29) is 18.9 Å². The molecule has 7 heteroatoms. The van der Waals surface area contributed by atoms with Gasteiger partial charge in [-0.3, -0.25) is 4.79 Å². The first kappa shape index (κ1) is 25.5. The molecule has 6 nitrogen and oxygen atoms in total. The van der Waals surface area contributed by atoms with Gasteiger partial charge < -0.3 is 9.47 Å². The maximum Gasteiger partial charge on any atom is 0.309 e. The molecule has 0 aliphatic heterocycles. The molecule has 0 bridgehead atoms. The number of hydrogen-bond donors (Lipinski definition) is 0. The van der Waals surface area contributed by atoms with Crippen molar-refractivity contribution in [1.82, 2.24) is 4.31 Å². The number of carbonyl (C=O) groups excluding carboxylic acids is 1. The van der Waals surface area contributed by atoms with E-state index in [1.54, 1.807) is 7.11 Å². The number of aryl methyl sites for hydroxylation is 1. The summed E-state index contributed by atoms with van der Waals surface area (Å²) in [6.07, 6.45) is 2.00. The van der Waals surface area contributed by atoms with Crippen molar-refractivity contribution >= 4 is 16.0 Å². The molecule has 0 fully saturated rings. The van der Waals surface area contributed by atoms with E-state index in [1.165, 1.54) is 17.7 Å². The summed E-state index contributed by atoms with van der Waals surface area (Å²) in [4.78, 5) is 11.8. The number of sulfonamides is 1. The minimum Gasteiger partial charge on any atom is -0.496 e. The molecule has 3 rings (SSSR count). The van der Waals surface area contributed by atoms with Crippen molar-refractivity contribution in [2.75, 3.05) is 27.0 Å². The molecule has 0 saturated heterocycles. The topological polar surface area (TPSA) is 72.9 Å². The van der Waals surface area contributed by atoms with E-state index >= 15 is 0 Å². The molecule has 0 radical (unpaired) electrons. The molecule has 0 N–H and O–H groups in total. The van der Waals surface area contributed by atoms with Crippen LogP contribution in [0.5, 0.6) is 5.75 Å². The summed E-state index contributed by atoms with van der Waals surface area (Å²) in [5.74, 6) is 0.318. The lowest BCUT2D eigenvalue weighted by molar-refractivity contribution is -0.139. The van der Waals surface area contributed by atoms with Gasteiger partial charge in [0.2, 0.25) is 10.0 Å². The normalized spacial score (nSPS) is 11.4. The fourth-order valence-electron chi connectivity index (χ4n) is 3.88. The predicted molar refractivity (Wildman–Crippen MR) is 134 cm³/mol. The summed E-state index contributed by atoms with van der Waals surface area (Å²) in [5, 5.41) is 0. The Hall–Kier alpha value is -3.16. The van der Waals surface area contributed by atoms with Crippen molar-refractivity contribution < 1.29 is 22.7 Å². The van der Waals surface area contributed by atoms with Gasteiger partial charge in [-0.2, -0.15) is 4.31 Å². The summed E-state index contributed by atoms with van der Waals surface area (Å²) in [6.45, 7) is 2.58. The molecule has 34 heavy (non-hydrogen) atoms. The van der Waals surface area contributed by atoms with Gasteiger partial charge in [-0.1, -0.05) is 60.2 Å². The van der Waals surface area contributed by atoms with E-state index in [0.717, 1.165) is 33.4 Å². The number of benzene rings is 3. The third-order valence-electron chi connectivity index (χ3n) is 5.70. The first-order chi connectivity index (χ1) is 16.2.